The predicted molar refractivity (Wildman–Crippen MR) is 152 cm³/mol. The molecule has 0 aliphatic heterocycles. The van der Waals surface area contributed by atoms with Gasteiger partial charge in [-0.25, -0.2) is 4.79 Å². The molecule has 0 spiro atoms. The number of carbonyl (C=O) groups excluding carboxylic acids is 2. The van der Waals surface area contributed by atoms with Gasteiger partial charge in [0.25, 0.3) is 0 Å². The highest BCUT2D eigenvalue weighted by Crippen LogP contribution is 2.44. The summed E-state index contributed by atoms with van der Waals surface area (Å²) in [4.78, 5) is 37.8. The van der Waals surface area contributed by atoms with Crippen molar-refractivity contribution in [2.24, 2.45) is 5.92 Å². The maximum absolute atomic E-state index is 13.4. The number of hydrogen-bond acceptors (Lipinski definition) is 5. The Kier molecular flexibility index (Phi) is 9.56. The fraction of sp³-hybridized carbons (Fsp3) is 0.344. The fourth-order valence-corrected chi connectivity index (χ4v) is 4.98. The summed E-state index contributed by atoms with van der Waals surface area (Å²) in [6.07, 6.45) is -1.71. The van der Waals surface area contributed by atoms with E-state index in [2.05, 4.69) is 22.8 Å². The number of benzene rings is 3. The molecule has 210 valence electrons. The first kappa shape index (κ1) is 28.8. The molecule has 0 aromatic heterocycles. The zero-order valence-corrected chi connectivity index (χ0v) is 23.0. The zero-order valence-electron chi connectivity index (χ0n) is 23.0. The smallest absolute Gasteiger partial charge is 0.407 e. The van der Waals surface area contributed by atoms with E-state index in [4.69, 9.17) is 9.47 Å². The average Bonchev–Trinajstić information content (AvgIpc) is 3.27. The fourth-order valence-electron chi connectivity index (χ4n) is 4.98. The molecule has 0 saturated carbocycles. The molecule has 0 fully saturated rings. The molecular formula is C32H36N2O6. The molecule has 40 heavy (non-hydrogen) atoms. The third-order valence-electron chi connectivity index (χ3n) is 7.25. The van der Waals surface area contributed by atoms with Crippen LogP contribution in [-0.2, 0) is 25.7 Å². The molecule has 3 aromatic rings. The van der Waals surface area contributed by atoms with Crippen LogP contribution in [0.1, 0.15) is 49.8 Å². The molecule has 3 aromatic carbocycles. The second-order valence-electron chi connectivity index (χ2n) is 10.4. The van der Waals surface area contributed by atoms with E-state index in [0.29, 0.717) is 0 Å². The van der Waals surface area contributed by atoms with Crippen molar-refractivity contribution in [2.75, 3.05) is 6.61 Å². The van der Waals surface area contributed by atoms with Crippen molar-refractivity contribution in [1.29, 1.82) is 0 Å². The Balaban J connectivity index is 1.46. The molecule has 8 heteroatoms. The third-order valence-corrected chi connectivity index (χ3v) is 7.25. The second kappa shape index (κ2) is 13.3. The first-order valence-corrected chi connectivity index (χ1v) is 13.5. The summed E-state index contributed by atoms with van der Waals surface area (Å²) in [6, 6.07) is 23.9. The minimum atomic E-state index is -1.10. The van der Waals surface area contributed by atoms with E-state index in [-0.39, 0.29) is 31.5 Å². The highest BCUT2D eigenvalue weighted by molar-refractivity contribution is 5.87. The molecule has 2 amide bonds. The molecule has 1 aliphatic rings. The quantitative estimate of drug-likeness (QED) is 0.292. The number of carboxylic acids is 1. The Hall–Kier alpha value is -4.17. The Bertz CT molecular complexity index is 1280. The van der Waals surface area contributed by atoms with E-state index in [0.717, 1.165) is 27.8 Å². The number of ether oxygens (including phenoxy) is 2. The Morgan fingerprint density at radius 2 is 1.40 bits per heavy atom. The Labute approximate surface area is 234 Å². The molecule has 0 saturated heterocycles. The number of fused-ring (bicyclic) bond motifs is 3. The number of nitrogens with one attached hydrogen (secondary N) is 2. The van der Waals surface area contributed by atoms with E-state index in [9.17, 15) is 19.5 Å². The molecule has 0 bridgehead atoms. The van der Waals surface area contributed by atoms with E-state index >= 15 is 0 Å². The number of carbonyl (C=O) groups is 3. The van der Waals surface area contributed by atoms with Gasteiger partial charge in [0.15, 0.2) is 0 Å². The predicted octanol–water partition coefficient (Wildman–Crippen LogP) is 5.11. The van der Waals surface area contributed by atoms with Crippen LogP contribution in [0.3, 0.4) is 0 Å². The highest BCUT2D eigenvalue weighted by atomic mass is 16.5. The summed E-state index contributed by atoms with van der Waals surface area (Å²) in [7, 11) is 0. The largest absolute Gasteiger partial charge is 0.481 e. The summed E-state index contributed by atoms with van der Waals surface area (Å²) in [6.45, 7) is 5.69. The first-order chi connectivity index (χ1) is 19.2. The lowest BCUT2D eigenvalue weighted by Crippen LogP contribution is -2.56. The van der Waals surface area contributed by atoms with Crippen LogP contribution in [0.4, 0.5) is 4.79 Å². The maximum Gasteiger partial charge on any atom is 0.407 e. The molecule has 0 heterocycles. The number of alkyl carbamates (subject to hydrolysis) is 1. The number of amides is 2. The molecule has 3 N–H and O–H groups in total. The average molecular weight is 545 g/mol. The van der Waals surface area contributed by atoms with Crippen molar-refractivity contribution in [1.82, 2.24) is 10.6 Å². The van der Waals surface area contributed by atoms with Gasteiger partial charge >= 0.3 is 12.1 Å². The number of aliphatic carboxylic acids is 1. The van der Waals surface area contributed by atoms with Crippen LogP contribution >= 0.6 is 0 Å². The number of hydrogen-bond donors (Lipinski definition) is 3. The molecular weight excluding hydrogens is 508 g/mol. The summed E-state index contributed by atoms with van der Waals surface area (Å²) in [5, 5.41) is 14.8. The van der Waals surface area contributed by atoms with Gasteiger partial charge in [0.2, 0.25) is 5.91 Å². The van der Waals surface area contributed by atoms with E-state index in [1.165, 1.54) is 0 Å². The number of rotatable bonds is 12. The van der Waals surface area contributed by atoms with Gasteiger partial charge in [0.1, 0.15) is 12.6 Å². The van der Waals surface area contributed by atoms with Crippen molar-refractivity contribution >= 4 is 18.0 Å². The third kappa shape index (κ3) is 7.07. The number of carboxylic acid groups (broad SMARTS) is 1. The van der Waals surface area contributed by atoms with Crippen LogP contribution in [0, 0.1) is 5.92 Å². The molecule has 0 radical (unpaired) electrons. The monoisotopic (exact) mass is 544 g/mol. The van der Waals surface area contributed by atoms with Crippen molar-refractivity contribution in [3.8, 4) is 11.1 Å². The first-order valence-electron chi connectivity index (χ1n) is 13.5. The van der Waals surface area contributed by atoms with Crippen LogP contribution < -0.4 is 10.6 Å². The van der Waals surface area contributed by atoms with Crippen LogP contribution in [-0.4, -0.2) is 47.9 Å². The summed E-state index contributed by atoms with van der Waals surface area (Å²) in [5.41, 5.74) is 5.31. The van der Waals surface area contributed by atoms with Gasteiger partial charge in [-0.1, -0.05) is 92.7 Å². The van der Waals surface area contributed by atoms with Crippen LogP contribution in [0.5, 0.6) is 0 Å². The summed E-state index contributed by atoms with van der Waals surface area (Å²) >= 11 is 0. The van der Waals surface area contributed by atoms with Gasteiger partial charge in [-0.3, -0.25) is 9.59 Å². The summed E-state index contributed by atoms with van der Waals surface area (Å²) in [5.74, 6) is -1.81. The molecule has 2 unspecified atom stereocenters. The Morgan fingerprint density at radius 1 is 0.825 bits per heavy atom. The van der Waals surface area contributed by atoms with Crippen molar-refractivity contribution in [3.63, 3.8) is 0 Å². The summed E-state index contributed by atoms with van der Waals surface area (Å²) < 4.78 is 11.6. The van der Waals surface area contributed by atoms with Crippen LogP contribution in [0.15, 0.2) is 78.9 Å². The van der Waals surface area contributed by atoms with Gasteiger partial charge < -0.3 is 25.2 Å². The zero-order chi connectivity index (χ0) is 28.6. The normalized spacial score (nSPS) is 14.5. The van der Waals surface area contributed by atoms with E-state index in [1.54, 1.807) is 6.92 Å². The molecule has 3 atom stereocenters. The lowest BCUT2D eigenvalue weighted by Gasteiger charge is -2.28. The van der Waals surface area contributed by atoms with Crippen molar-refractivity contribution < 1.29 is 29.0 Å². The van der Waals surface area contributed by atoms with Crippen molar-refractivity contribution in [2.45, 2.75) is 57.9 Å². The SMILES string of the molecule is CC(OCc1ccccc1)C(NC(=O)OCC1c2ccccc2-c2ccccc21)C(=O)N[C@H](CC(=O)O)C(C)C. The van der Waals surface area contributed by atoms with Crippen LogP contribution in [0.2, 0.25) is 0 Å². The standard InChI is InChI=1S/C32H36N2O6/c1-20(2)28(17-29(35)36)33-31(37)30(21(3)39-18-22-11-5-4-6-12-22)34-32(38)40-19-27-25-15-9-7-13-23(25)24-14-8-10-16-26(24)27/h4-16,20-21,27-28,30H,17-19H2,1-3H3,(H,33,37)(H,34,38)(H,35,36)/t21?,28-,30?/m1/s1. The second-order valence-corrected chi connectivity index (χ2v) is 10.4. The van der Waals surface area contributed by atoms with Crippen molar-refractivity contribution in [3.05, 3.63) is 95.6 Å². The van der Waals surface area contributed by atoms with Gasteiger partial charge in [-0.05, 0) is 40.7 Å². The lowest BCUT2D eigenvalue weighted by molar-refractivity contribution is -0.138. The highest BCUT2D eigenvalue weighted by Gasteiger charge is 2.33. The van der Waals surface area contributed by atoms with Gasteiger partial charge in [-0.15, -0.1) is 0 Å². The van der Waals surface area contributed by atoms with Gasteiger partial charge in [0, 0.05) is 12.0 Å². The topological polar surface area (TPSA) is 114 Å². The van der Waals surface area contributed by atoms with Gasteiger partial charge in [0.05, 0.1) is 19.1 Å². The maximum atomic E-state index is 13.4. The lowest BCUT2D eigenvalue weighted by atomic mass is 9.98. The van der Waals surface area contributed by atoms with E-state index < -0.39 is 36.2 Å². The van der Waals surface area contributed by atoms with E-state index in [1.807, 2.05) is 80.6 Å². The molecule has 1 aliphatic carbocycles. The molecule has 4 rings (SSSR count). The van der Waals surface area contributed by atoms with Crippen LogP contribution in [0.25, 0.3) is 11.1 Å². The van der Waals surface area contributed by atoms with Gasteiger partial charge in [-0.2, -0.15) is 0 Å². The Morgan fingerprint density at radius 3 is 1.98 bits per heavy atom. The minimum absolute atomic E-state index is 0.0983. The minimum Gasteiger partial charge on any atom is -0.481 e. The molecule has 8 nitrogen and oxygen atoms in total.